The zero-order chi connectivity index (χ0) is 16.3. The fourth-order valence-corrected chi connectivity index (χ4v) is 5.01. The van der Waals surface area contributed by atoms with E-state index in [0.717, 1.165) is 0 Å². The Balaban J connectivity index is 2.48. The van der Waals surface area contributed by atoms with Gasteiger partial charge in [-0.2, -0.15) is 31.0 Å². The molecular formula is C5H12BIO11P3. The predicted molar refractivity (Wildman–Crippen MR) is 77.5 cm³/mol. The highest BCUT2D eigenvalue weighted by Crippen LogP contribution is 2.66. The molecule has 123 valence electrons. The van der Waals surface area contributed by atoms with Crippen molar-refractivity contribution in [2.45, 2.75) is 24.9 Å². The Morgan fingerprint density at radius 1 is 1.10 bits per heavy atom. The van der Waals surface area contributed by atoms with E-state index in [9.17, 15) is 18.6 Å². The van der Waals surface area contributed by atoms with Gasteiger partial charge in [0.15, 0.2) is 0 Å². The summed E-state index contributed by atoms with van der Waals surface area (Å²) in [5, 5.41) is 1.77. The smallest absolute Gasteiger partial charge is 0.380 e. The molecule has 4 atom stereocenters. The van der Waals surface area contributed by atoms with Crippen molar-refractivity contribution >= 4 is 51.0 Å². The predicted octanol–water partition coefficient (Wildman–Crippen LogP) is 0.889. The van der Waals surface area contributed by atoms with Gasteiger partial charge in [0, 0.05) is 6.00 Å². The second kappa shape index (κ2) is 7.82. The molecule has 1 heterocycles. The fraction of sp³-hybridized carbons (Fsp3) is 1.00. The molecule has 1 saturated heterocycles. The van der Waals surface area contributed by atoms with Gasteiger partial charge in [0.25, 0.3) is 0 Å². The van der Waals surface area contributed by atoms with E-state index in [4.69, 9.17) is 19.4 Å². The molecule has 0 saturated carbocycles. The van der Waals surface area contributed by atoms with Crippen LogP contribution in [0.2, 0.25) is 0 Å². The Kier molecular flexibility index (Phi) is 7.53. The molecule has 0 spiro atoms. The third-order valence-electron chi connectivity index (χ3n) is 2.12. The molecule has 1 rings (SSSR count). The lowest BCUT2D eigenvalue weighted by atomic mass is 9.97. The zero-order valence-corrected chi connectivity index (χ0v) is 15.1. The Bertz CT molecular complexity index is 494. The van der Waals surface area contributed by atoms with Crippen molar-refractivity contribution in [2.75, 3.05) is 6.61 Å². The molecule has 2 unspecified atom stereocenters. The Morgan fingerprint density at radius 2 is 1.71 bits per heavy atom. The van der Waals surface area contributed by atoms with Gasteiger partial charge >= 0.3 is 23.5 Å². The van der Waals surface area contributed by atoms with Crippen molar-refractivity contribution in [1.29, 1.82) is 0 Å². The molecule has 1 aliphatic heterocycles. The summed E-state index contributed by atoms with van der Waals surface area (Å²) < 4.78 is 49.8. The van der Waals surface area contributed by atoms with Gasteiger partial charge in [-0.15, -0.1) is 0 Å². The molecule has 0 amide bonds. The van der Waals surface area contributed by atoms with Gasteiger partial charge in [0.05, 0.1) is 12.7 Å². The van der Waals surface area contributed by atoms with Gasteiger partial charge in [-0.25, -0.2) is 13.7 Å². The summed E-state index contributed by atoms with van der Waals surface area (Å²) in [6, 6.07) is -0.125. The van der Waals surface area contributed by atoms with Crippen molar-refractivity contribution < 1.29 is 51.2 Å². The molecule has 11 nitrogen and oxygen atoms in total. The van der Waals surface area contributed by atoms with E-state index in [1.807, 2.05) is 22.4 Å². The molecule has 4 N–H and O–H groups in total. The average Bonchev–Trinajstić information content (AvgIpc) is 2.69. The summed E-state index contributed by atoms with van der Waals surface area (Å²) in [5.74, 6) is 0. The molecule has 0 aromatic rings. The van der Waals surface area contributed by atoms with Gasteiger partial charge in [0.1, 0.15) is 0 Å². The van der Waals surface area contributed by atoms with Crippen LogP contribution in [0, 0.1) is 0 Å². The number of phosphoric acid groups is 3. The van der Waals surface area contributed by atoms with Crippen molar-refractivity contribution in [3.05, 3.63) is 0 Å². The molecule has 0 bridgehead atoms. The van der Waals surface area contributed by atoms with E-state index in [0.29, 0.717) is 12.8 Å². The lowest BCUT2D eigenvalue weighted by Gasteiger charge is -2.18. The van der Waals surface area contributed by atoms with E-state index in [2.05, 4.69) is 13.1 Å². The van der Waals surface area contributed by atoms with Crippen LogP contribution in [0.15, 0.2) is 0 Å². The summed E-state index contributed by atoms with van der Waals surface area (Å²) >= 11 is 1.99. The minimum Gasteiger partial charge on any atom is -0.380 e. The summed E-state index contributed by atoms with van der Waals surface area (Å²) in [7, 11) is -15.9. The number of hydrogen-bond donors (Lipinski definition) is 4. The standard InChI is InChI=1S/C5H12BIO11P3/c7-6-5-2-1-4(16-5)3-15-20(11,12)18-21(13,14)17-19(8,9)10/h4-5H,1-3H2,(H,11,12)(H,13,14)(H2,8,9,10)/t4-,5+/m0/s1. The summed E-state index contributed by atoms with van der Waals surface area (Å²) in [4.78, 5) is 34.8. The maximum Gasteiger partial charge on any atom is 0.490 e. The first-order valence-corrected chi connectivity index (χ1v) is 11.1. The van der Waals surface area contributed by atoms with Crippen LogP contribution < -0.4 is 0 Å². The van der Waals surface area contributed by atoms with Crippen LogP contribution in [0.5, 0.6) is 0 Å². The number of ether oxygens (including phenoxy) is 1. The van der Waals surface area contributed by atoms with Crippen molar-refractivity contribution in [1.82, 2.24) is 0 Å². The Labute approximate surface area is 133 Å². The van der Waals surface area contributed by atoms with E-state index >= 15 is 0 Å². The lowest BCUT2D eigenvalue weighted by molar-refractivity contribution is 0.0398. The van der Waals surface area contributed by atoms with Crippen LogP contribution >= 0.6 is 45.8 Å². The second-order valence-corrected chi connectivity index (χ2v) is 9.03. The van der Waals surface area contributed by atoms with Gasteiger partial charge in [-0.3, -0.25) is 4.52 Å². The third-order valence-corrected chi connectivity index (χ3v) is 6.73. The zero-order valence-electron chi connectivity index (χ0n) is 10.2. The van der Waals surface area contributed by atoms with Crippen molar-refractivity contribution in [3.63, 3.8) is 0 Å². The minimum atomic E-state index is -5.46. The molecule has 1 fully saturated rings. The van der Waals surface area contributed by atoms with Gasteiger partial charge in [-0.1, -0.05) is 0 Å². The van der Waals surface area contributed by atoms with Crippen LogP contribution in [0.25, 0.3) is 0 Å². The molecule has 1 aliphatic rings. The first kappa shape index (κ1) is 20.2. The van der Waals surface area contributed by atoms with Crippen LogP contribution in [-0.2, 0) is 31.6 Å². The van der Waals surface area contributed by atoms with Crippen LogP contribution in [0.3, 0.4) is 0 Å². The largest absolute Gasteiger partial charge is 0.490 e. The van der Waals surface area contributed by atoms with Crippen LogP contribution in [0.1, 0.15) is 12.8 Å². The third kappa shape index (κ3) is 8.54. The molecule has 1 radical (unpaired) electrons. The number of rotatable bonds is 8. The van der Waals surface area contributed by atoms with E-state index in [1.165, 1.54) is 0 Å². The Morgan fingerprint density at radius 3 is 2.19 bits per heavy atom. The average molecular weight is 479 g/mol. The van der Waals surface area contributed by atoms with Gasteiger partial charge in [-0.05, 0) is 12.8 Å². The molecule has 0 aromatic heterocycles. The number of halogens is 1. The first-order valence-electron chi connectivity index (χ1n) is 5.30. The first-order chi connectivity index (χ1) is 9.42. The highest BCUT2D eigenvalue weighted by molar-refractivity contribution is 14.1. The van der Waals surface area contributed by atoms with Gasteiger partial charge in [0.2, 0.25) is 5.14 Å². The summed E-state index contributed by atoms with van der Waals surface area (Å²) in [6.07, 6.45) is 0.721. The summed E-state index contributed by atoms with van der Waals surface area (Å²) in [5.41, 5.74) is 0. The molecule has 0 aromatic carbocycles. The molecule has 0 aliphatic carbocycles. The number of phosphoric ester groups is 1. The number of hydrogen-bond acceptors (Lipinski definition) is 7. The van der Waals surface area contributed by atoms with E-state index in [1.54, 1.807) is 5.14 Å². The van der Waals surface area contributed by atoms with Crippen molar-refractivity contribution in [3.8, 4) is 0 Å². The van der Waals surface area contributed by atoms with E-state index in [-0.39, 0.29) is 6.00 Å². The topological polar surface area (TPSA) is 169 Å². The minimum absolute atomic E-state index is 0.125. The molecule has 16 heteroatoms. The highest BCUT2D eigenvalue weighted by Gasteiger charge is 2.41. The second-order valence-electron chi connectivity index (χ2n) is 3.89. The molecular weight excluding hydrogens is 467 g/mol. The Hall–Kier alpha value is 1.16. The molecule has 21 heavy (non-hydrogen) atoms. The monoisotopic (exact) mass is 479 g/mol. The van der Waals surface area contributed by atoms with E-state index < -0.39 is 36.2 Å². The summed E-state index contributed by atoms with van der Waals surface area (Å²) in [6.45, 7) is -0.398. The highest BCUT2D eigenvalue weighted by atomic mass is 127. The maximum atomic E-state index is 11.4. The lowest BCUT2D eigenvalue weighted by Crippen LogP contribution is -2.18. The quantitative estimate of drug-likeness (QED) is 0.222. The van der Waals surface area contributed by atoms with Crippen molar-refractivity contribution in [2.24, 2.45) is 0 Å². The maximum absolute atomic E-state index is 11.4. The van der Waals surface area contributed by atoms with Gasteiger partial charge < -0.3 is 24.3 Å². The normalized spacial score (nSPS) is 28.8. The van der Waals surface area contributed by atoms with Crippen LogP contribution in [-0.4, -0.2) is 43.4 Å². The fourth-order valence-electron chi connectivity index (χ4n) is 1.43. The SMILES string of the molecule is O=P(O)(O)OP(=O)(O)OP(=O)(O)OC[C@@H]1CC[C@H]([B]I)O1. The van der Waals surface area contributed by atoms with Crippen LogP contribution in [0.4, 0.5) is 0 Å².